The van der Waals surface area contributed by atoms with Gasteiger partial charge in [-0.05, 0) is 43.4 Å². The van der Waals surface area contributed by atoms with Gasteiger partial charge in [-0.3, -0.25) is 9.78 Å². The molecule has 3 atom stereocenters. The summed E-state index contributed by atoms with van der Waals surface area (Å²) >= 11 is 0. The number of aromatic nitrogens is 1. The molecular weight excluding hydrogens is 238 g/mol. The molecule has 1 aliphatic carbocycles. The quantitative estimate of drug-likeness (QED) is 0.876. The van der Waals surface area contributed by atoms with Gasteiger partial charge in [0.05, 0.1) is 11.6 Å². The molecule has 2 unspecified atom stereocenters. The first-order valence-electron chi connectivity index (χ1n) is 7.01. The van der Waals surface area contributed by atoms with Crippen LogP contribution in [0, 0.1) is 5.92 Å². The van der Waals surface area contributed by atoms with E-state index >= 15 is 0 Å². The molecule has 4 nitrogen and oxygen atoms in total. The molecule has 0 aromatic carbocycles. The first kappa shape index (κ1) is 14.0. The fourth-order valence-corrected chi connectivity index (χ4v) is 2.87. The third-order valence-corrected chi connectivity index (χ3v) is 4.04. The number of hydrogen-bond donors (Lipinski definition) is 2. The molecule has 2 rings (SSSR count). The Morgan fingerprint density at radius 3 is 2.84 bits per heavy atom. The van der Waals surface area contributed by atoms with Crippen LogP contribution < -0.4 is 11.1 Å². The largest absolute Gasteiger partial charge is 0.348 e. The lowest BCUT2D eigenvalue weighted by Gasteiger charge is -2.36. The van der Waals surface area contributed by atoms with Crippen molar-refractivity contribution in [2.24, 2.45) is 11.7 Å². The van der Waals surface area contributed by atoms with Crippen molar-refractivity contribution in [2.75, 3.05) is 0 Å². The zero-order valence-electron chi connectivity index (χ0n) is 11.7. The Hall–Kier alpha value is -1.42. The van der Waals surface area contributed by atoms with Crippen LogP contribution in [0.25, 0.3) is 0 Å². The molecule has 0 saturated heterocycles. The predicted molar refractivity (Wildman–Crippen MR) is 75.3 cm³/mol. The van der Waals surface area contributed by atoms with Gasteiger partial charge in [-0.25, -0.2) is 0 Å². The summed E-state index contributed by atoms with van der Waals surface area (Å²) in [6.07, 6.45) is 7.24. The second-order valence-electron chi connectivity index (χ2n) is 5.83. The number of nitrogens with one attached hydrogen (secondary N) is 1. The lowest BCUT2D eigenvalue weighted by molar-refractivity contribution is -0.128. The molecule has 1 saturated carbocycles. The molecule has 1 fully saturated rings. The molecule has 0 spiro atoms. The fourth-order valence-electron chi connectivity index (χ4n) is 2.87. The fraction of sp³-hybridized carbons (Fsp3) is 0.600. The molecular formula is C15H23N3O. The van der Waals surface area contributed by atoms with Crippen LogP contribution in [0.2, 0.25) is 0 Å². The van der Waals surface area contributed by atoms with Gasteiger partial charge in [0, 0.05) is 12.4 Å². The molecule has 0 aliphatic heterocycles. The lowest BCUT2D eigenvalue weighted by atomic mass is 9.76. The zero-order valence-corrected chi connectivity index (χ0v) is 11.7. The van der Waals surface area contributed by atoms with E-state index in [4.69, 9.17) is 5.73 Å². The summed E-state index contributed by atoms with van der Waals surface area (Å²) in [7, 11) is 0. The maximum atomic E-state index is 12.4. The average Bonchev–Trinajstić information content (AvgIpc) is 2.39. The molecule has 1 aromatic rings. The summed E-state index contributed by atoms with van der Waals surface area (Å²) in [5.74, 6) is 0.504. The van der Waals surface area contributed by atoms with Gasteiger partial charge in [-0.1, -0.05) is 19.8 Å². The number of nitrogens with zero attached hydrogens (tertiary/aromatic N) is 1. The van der Waals surface area contributed by atoms with Crippen molar-refractivity contribution in [3.63, 3.8) is 0 Å². The normalized spacial score (nSPS) is 28.7. The van der Waals surface area contributed by atoms with Gasteiger partial charge >= 0.3 is 0 Å². The minimum Gasteiger partial charge on any atom is -0.348 e. The topological polar surface area (TPSA) is 68.0 Å². The lowest BCUT2D eigenvalue weighted by Crippen LogP contribution is -2.56. The Balaban J connectivity index is 2.00. The van der Waals surface area contributed by atoms with Gasteiger partial charge in [-0.2, -0.15) is 0 Å². The van der Waals surface area contributed by atoms with Gasteiger partial charge in [-0.15, -0.1) is 0 Å². The Morgan fingerprint density at radius 1 is 1.53 bits per heavy atom. The number of carbonyl (C=O) groups is 1. The number of nitrogens with two attached hydrogens (primary N) is 1. The highest BCUT2D eigenvalue weighted by molar-refractivity contribution is 5.86. The van der Waals surface area contributed by atoms with Crippen molar-refractivity contribution in [1.29, 1.82) is 0 Å². The average molecular weight is 261 g/mol. The molecule has 1 heterocycles. The van der Waals surface area contributed by atoms with E-state index in [0.29, 0.717) is 5.92 Å². The number of rotatable bonds is 3. The van der Waals surface area contributed by atoms with Crippen molar-refractivity contribution < 1.29 is 4.79 Å². The maximum Gasteiger partial charge on any atom is 0.240 e. The van der Waals surface area contributed by atoms with Gasteiger partial charge in [0.2, 0.25) is 5.91 Å². The van der Waals surface area contributed by atoms with E-state index in [1.165, 1.54) is 6.42 Å². The van der Waals surface area contributed by atoms with Crippen molar-refractivity contribution in [3.8, 4) is 0 Å². The standard InChI is InChI=1S/C15H23N3O/c1-11-4-3-7-15(16,10-11)14(19)18-12(2)13-5-8-17-9-6-13/h5-6,8-9,11-12H,3-4,7,10,16H2,1-2H3,(H,18,19)/t11?,12-,15?/m0/s1. The van der Waals surface area contributed by atoms with E-state index in [9.17, 15) is 4.79 Å². The van der Waals surface area contributed by atoms with Crippen molar-refractivity contribution in [3.05, 3.63) is 30.1 Å². The summed E-state index contributed by atoms with van der Waals surface area (Å²) in [5.41, 5.74) is 6.65. The van der Waals surface area contributed by atoms with Crippen LogP contribution in [0.15, 0.2) is 24.5 Å². The van der Waals surface area contributed by atoms with Crippen LogP contribution in [-0.4, -0.2) is 16.4 Å². The Labute approximate surface area is 114 Å². The molecule has 104 valence electrons. The van der Waals surface area contributed by atoms with Gasteiger partial charge in [0.1, 0.15) is 0 Å². The highest BCUT2D eigenvalue weighted by atomic mass is 16.2. The number of carbonyl (C=O) groups excluding carboxylic acids is 1. The van der Waals surface area contributed by atoms with E-state index in [2.05, 4.69) is 17.2 Å². The summed E-state index contributed by atoms with van der Waals surface area (Å²) in [5, 5.41) is 3.04. The number of pyridine rings is 1. The minimum absolute atomic E-state index is 0.0247. The van der Waals surface area contributed by atoms with E-state index in [-0.39, 0.29) is 11.9 Å². The van der Waals surface area contributed by atoms with Crippen LogP contribution in [0.4, 0.5) is 0 Å². The summed E-state index contributed by atoms with van der Waals surface area (Å²) in [6, 6.07) is 3.79. The SMILES string of the molecule is CC1CCCC(N)(C(=O)N[C@@H](C)c2ccncc2)C1. The number of amides is 1. The Bertz CT molecular complexity index is 434. The summed E-state index contributed by atoms with van der Waals surface area (Å²) in [6.45, 7) is 4.14. The van der Waals surface area contributed by atoms with Crippen molar-refractivity contribution >= 4 is 5.91 Å². The molecule has 1 aromatic heterocycles. The Kier molecular flexibility index (Phi) is 4.20. The van der Waals surface area contributed by atoms with E-state index < -0.39 is 5.54 Å². The molecule has 0 radical (unpaired) electrons. The zero-order chi connectivity index (χ0) is 13.9. The van der Waals surface area contributed by atoms with Crippen LogP contribution in [0.5, 0.6) is 0 Å². The van der Waals surface area contributed by atoms with Gasteiger partial charge < -0.3 is 11.1 Å². The molecule has 4 heteroatoms. The van der Waals surface area contributed by atoms with E-state index in [1.807, 2.05) is 19.1 Å². The molecule has 1 amide bonds. The van der Waals surface area contributed by atoms with Gasteiger partial charge in [0.15, 0.2) is 0 Å². The van der Waals surface area contributed by atoms with Crippen molar-refractivity contribution in [2.45, 2.75) is 51.1 Å². The van der Waals surface area contributed by atoms with Crippen molar-refractivity contribution in [1.82, 2.24) is 10.3 Å². The van der Waals surface area contributed by atoms with Crippen LogP contribution in [0.3, 0.4) is 0 Å². The van der Waals surface area contributed by atoms with Crippen LogP contribution in [-0.2, 0) is 4.79 Å². The van der Waals surface area contributed by atoms with E-state index in [0.717, 1.165) is 24.8 Å². The molecule has 19 heavy (non-hydrogen) atoms. The second-order valence-corrected chi connectivity index (χ2v) is 5.83. The monoisotopic (exact) mass is 261 g/mol. The summed E-state index contributed by atoms with van der Waals surface area (Å²) < 4.78 is 0. The smallest absolute Gasteiger partial charge is 0.240 e. The van der Waals surface area contributed by atoms with Crippen LogP contribution in [0.1, 0.15) is 51.1 Å². The predicted octanol–water partition coefficient (Wildman–Crippen LogP) is 2.17. The van der Waals surface area contributed by atoms with Crippen LogP contribution >= 0.6 is 0 Å². The van der Waals surface area contributed by atoms with Gasteiger partial charge in [0.25, 0.3) is 0 Å². The minimum atomic E-state index is -0.695. The second kappa shape index (κ2) is 5.70. The molecule has 1 aliphatic rings. The molecule has 0 bridgehead atoms. The molecule has 3 N–H and O–H groups in total. The highest BCUT2D eigenvalue weighted by Gasteiger charge is 2.38. The Morgan fingerprint density at radius 2 is 2.21 bits per heavy atom. The summed E-state index contributed by atoms with van der Waals surface area (Å²) in [4.78, 5) is 16.4. The maximum absolute atomic E-state index is 12.4. The third kappa shape index (κ3) is 3.32. The highest BCUT2D eigenvalue weighted by Crippen LogP contribution is 2.31. The first-order chi connectivity index (χ1) is 9.01. The van der Waals surface area contributed by atoms with E-state index in [1.54, 1.807) is 12.4 Å². The number of hydrogen-bond acceptors (Lipinski definition) is 3. The third-order valence-electron chi connectivity index (χ3n) is 4.04. The first-order valence-corrected chi connectivity index (χ1v) is 7.01.